The van der Waals surface area contributed by atoms with Gasteiger partial charge in [0.05, 0.1) is 24.5 Å². The van der Waals surface area contributed by atoms with Crippen molar-refractivity contribution < 1.29 is 18.7 Å². The number of hydrogen-bond donors (Lipinski definition) is 2. The number of ether oxygens (including phenoxy) is 2. The molecule has 11 heteroatoms. The van der Waals surface area contributed by atoms with Gasteiger partial charge in [0.2, 0.25) is 5.91 Å². The van der Waals surface area contributed by atoms with Crippen LogP contribution in [0.25, 0.3) is 16.6 Å². The maximum absolute atomic E-state index is 15.5. The highest BCUT2D eigenvalue weighted by molar-refractivity contribution is 5.95. The van der Waals surface area contributed by atoms with Crippen LogP contribution in [0.3, 0.4) is 0 Å². The number of pyridine rings is 2. The van der Waals surface area contributed by atoms with Crippen molar-refractivity contribution in [2.45, 2.75) is 51.2 Å². The summed E-state index contributed by atoms with van der Waals surface area (Å²) < 4.78 is 28.6. The molecule has 40 heavy (non-hydrogen) atoms. The SMILES string of the molecule is COC[C@H]1C[C@@H](Oc2cnc(C)cc2-c2cc3cc(NC(=O)[C@@H]4C[C@@H]4c4ncc(C)cn4)nn3cc2F)CCN1. The summed E-state index contributed by atoms with van der Waals surface area (Å²) >= 11 is 0. The van der Waals surface area contributed by atoms with Crippen molar-refractivity contribution >= 4 is 17.2 Å². The van der Waals surface area contributed by atoms with Crippen LogP contribution in [0.4, 0.5) is 10.2 Å². The van der Waals surface area contributed by atoms with Crippen LogP contribution in [0.1, 0.15) is 42.3 Å². The fourth-order valence-corrected chi connectivity index (χ4v) is 5.30. The third kappa shape index (κ3) is 5.52. The number of nitrogens with one attached hydrogen (secondary N) is 2. The van der Waals surface area contributed by atoms with Gasteiger partial charge in [-0.25, -0.2) is 18.9 Å². The second-order valence-electron chi connectivity index (χ2n) is 10.7. The number of piperidine rings is 1. The van der Waals surface area contributed by atoms with Crippen molar-refractivity contribution in [3.05, 3.63) is 65.9 Å². The molecule has 4 atom stereocenters. The number of fused-ring (bicyclic) bond motifs is 1. The van der Waals surface area contributed by atoms with Gasteiger partial charge in [-0.15, -0.1) is 5.10 Å². The van der Waals surface area contributed by atoms with Gasteiger partial charge in [0.15, 0.2) is 5.82 Å². The molecule has 0 aromatic carbocycles. The van der Waals surface area contributed by atoms with Crippen LogP contribution < -0.4 is 15.4 Å². The number of amides is 1. The summed E-state index contributed by atoms with van der Waals surface area (Å²) in [7, 11) is 1.68. The Morgan fingerprint density at radius 2 is 1.95 bits per heavy atom. The molecular weight excluding hydrogens is 513 g/mol. The third-order valence-corrected chi connectivity index (χ3v) is 7.46. The highest BCUT2D eigenvalue weighted by Crippen LogP contribution is 2.46. The molecule has 2 fully saturated rings. The highest BCUT2D eigenvalue weighted by Gasteiger charge is 2.46. The minimum Gasteiger partial charge on any atom is -0.488 e. The Morgan fingerprint density at radius 1 is 1.12 bits per heavy atom. The summed E-state index contributed by atoms with van der Waals surface area (Å²) in [6.45, 7) is 5.21. The van der Waals surface area contributed by atoms with Crippen molar-refractivity contribution in [3.63, 3.8) is 0 Å². The van der Waals surface area contributed by atoms with Gasteiger partial charge in [-0.1, -0.05) is 0 Å². The van der Waals surface area contributed by atoms with Crippen LogP contribution in [0.15, 0.2) is 43.0 Å². The average Bonchev–Trinajstić information content (AvgIpc) is 3.64. The van der Waals surface area contributed by atoms with Gasteiger partial charge in [0, 0.05) is 66.7 Å². The van der Waals surface area contributed by atoms with E-state index in [0.29, 0.717) is 47.1 Å². The van der Waals surface area contributed by atoms with E-state index in [0.717, 1.165) is 30.6 Å². The van der Waals surface area contributed by atoms with Gasteiger partial charge in [0.25, 0.3) is 0 Å². The minimum absolute atomic E-state index is 0.000229. The zero-order valence-corrected chi connectivity index (χ0v) is 22.7. The lowest BCUT2D eigenvalue weighted by molar-refractivity contribution is -0.117. The van der Waals surface area contributed by atoms with Gasteiger partial charge in [-0.05, 0) is 50.9 Å². The van der Waals surface area contributed by atoms with Gasteiger partial charge in [0.1, 0.15) is 23.5 Å². The Labute approximate surface area is 231 Å². The van der Waals surface area contributed by atoms with Crippen LogP contribution in [-0.4, -0.2) is 62.9 Å². The molecule has 6 rings (SSSR count). The minimum atomic E-state index is -0.453. The monoisotopic (exact) mass is 545 g/mol. The maximum atomic E-state index is 15.5. The number of methoxy groups -OCH3 is 1. The van der Waals surface area contributed by atoms with Crippen molar-refractivity contribution in [1.29, 1.82) is 0 Å². The summed E-state index contributed by atoms with van der Waals surface area (Å²) in [5, 5.41) is 10.7. The number of carbonyl (C=O) groups is 1. The van der Waals surface area contributed by atoms with Crippen molar-refractivity contribution in [2.75, 3.05) is 25.6 Å². The number of aromatic nitrogens is 5. The molecule has 1 aliphatic heterocycles. The van der Waals surface area contributed by atoms with Crippen molar-refractivity contribution in [3.8, 4) is 16.9 Å². The Balaban J connectivity index is 1.21. The standard InChI is InChI=1S/C29H32FN7O3/c1-16-11-33-28(34-12-16)23-10-24(23)29(38)35-27-9-19-8-21(25(30)14-37(19)36-27)22-6-17(2)32-13-26(22)40-20-4-5-31-18(7-20)15-39-3/h6,8-9,11-14,18,20,23-24,31H,4-5,7,10,15H2,1-3H3,(H,35,36,38)/t18-,20+,23+,24-/m1/s1. The second kappa shape index (κ2) is 10.9. The van der Waals surface area contributed by atoms with E-state index in [1.54, 1.807) is 37.8 Å². The van der Waals surface area contributed by atoms with E-state index in [-0.39, 0.29) is 29.9 Å². The van der Waals surface area contributed by atoms with Crippen LogP contribution in [0, 0.1) is 25.6 Å². The van der Waals surface area contributed by atoms with E-state index in [2.05, 4.69) is 30.7 Å². The molecular formula is C29H32FN7O3. The van der Waals surface area contributed by atoms with Crippen LogP contribution >= 0.6 is 0 Å². The summed E-state index contributed by atoms with van der Waals surface area (Å²) in [6.07, 6.45) is 8.76. The van der Waals surface area contributed by atoms with Crippen molar-refractivity contribution in [1.82, 2.24) is 29.9 Å². The lowest BCUT2D eigenvalue weighted by Gasteiger charge is -2.30. The number of carbonyl (C=O) groups excluding carboxylic acids is 1. The molecule has 1 saturated carbocycles. The predicted octanol–water partition coefficient (Wildman–Crippen LogP) is 3.83. The zero-order chi connectivity index (χ0) is 27.8. The molecule has 4 aromatic heterocycles. The summed E-state index contributed by atoms with van der Waals surface area (Å²) in [5.41, 5.74) is 3.38. The smallest absolute Gasteiger partial charge is 0.229 e. The lowest BCUT2D eigenvalue weighted by atomic mass is 10.0. The fourth-order valence-electron chi connectivity index (χ4n) is 5.30. The zero-order valence-electron chi connectivity index (χ0n) is 22.7. The van der Waals surface area contributed by atoms with E-state index in [4.69, 9.17) is 9.47 Å². The van der Waals surface area contributed by atoms with E-state index in [1.165, 1.54) is 10.7 Å². The molecule has 0 radical (unpaired) electrons. The molecule has 5 heterocycles. The molecule has 1 amide bonds. The Morgan fingerprint density at radius 3 is 2.75 bits per heavy atom. The molecule has 208 valence electrons. The lowest BCUT2D eigenvalue weighted by Crippen LogP contribution is -2.44. The fraction of sp³-hybridized carbons (Fsp3) is 0.414. The van der Waals surface area contributed by atoms with Crippen LogP contribution in [0.5, 0.6) is 5.75 Å². The number of nitrogens with zero attached hydrogens (tertiary/aromatic N) is 5. The van der Waals surface area contributed by atoms with Gasteiger partial charge < -0.3 is 20.1 Å². The number of hydrogen-bond acceptors (Lipinski definition) is 8. The number of anilines is 1. The second-order valence-corrected chi connectivity index (χ2v) is 10.7. The van der Waals surface area contributed by atoms with Crippen LogP contribution in [0.2, 0.25) is 0 Å². The molecule has 1 saturated heterocycles. The Bertz CT molecular complexity index is 1540. The number of aryl methyl sites for hydroxylation is 2. The molecule has 2 N–H and O–H groups in total. The molecule has 0 spiro atoms. The van der Waals surface area contributed by atoms with E-state index < -0.39 is 5.82 Å². The Kier molecular flexibility index (Phi) is 7.16. The molecule has 10 nitrogen and oxygen atoms in total. The number of rotatable bonds is 8. The molecule has 0 unspecified atom stereocenters. The highest BCUT2D eigenvalue weighted by atomic mass is 19.1. The quantitative estimate of drug-likeness (QED) is 0.343. The number of halogens is 1. The van der Waals surface area contributed by atoms with E-state index in [1.807, 2.05) is 19.9 Å². The average molecular weight is 546 g/mol. The first-order valence-electron chi connectivity index (χ1n) is 13.5. The normalized spacial score (nSPS) is 22.3. The molecule has 4 aromatic rings. The van der Waals surface area contributed by atoms with Gasteiger partial charge in [-0.2, -0.15) is 0 Å². The Hall–Kier alpha value is -3.96. The first-order chi connectivity index (χ1) is 19.4. The summed E-state index contributed by atoms with van der Waals surface area (Å²) in [6, 6.07) is 5.49. The topological polar surface area (TPSA) is 116 Å². The van der Waals surface area contributed by atoms with Crippen LogP contribution in [-0.2, 0) is 9.53 Å². The van der Waals surface area contributed by atoms with E-state index >= 15 is 4.39 Å². The summed E-state index contributed by atoms with van der Waals surface area (Å²) in [5.74, 6) is 0.758. The molecule has 2 aliphatic rings. The molecule has 0 bridgehead atoms. The first-order valence-corrected chi connectivity index (χ1v) is 13.5. The predicted molar refractivity (Wildman–Crippen MR) is 147 cm³/mol. The van der Waals surface area contributed by atoms with E-state index in [9.17, 15) is 4.79 Å². The first kappa shape index (κ1) is 26.3. The molecule has 1 aliphatic carbocycles. The van der Waals surface area contributed by atoms with Crippen molar-refractivity contribution in [2.24, 2.45) is 5.92 Å². The summed E-state index contributed by atoms with van der Waals surface area (Å²) in [4.78, 5) is 26.0. The largest absolute Gasteiger partial charge is 0.488 e. The maximum Gasteiger partial charge on any atom is 0.229 e. The van der Waals surface area contributed by atoms with Gasteiger partial charge >= 0.3 is 0 Å². The third-order valence-electron chi connectivity index (χ3n) is 7.46. The van der Waals surface area contributed by atoms with Gasteiger partial charge in [-0.3, -0.25) is 9.78 Å².